The van der Waals surface area contributed by atoms with E-state index < -0.39 is 0 Å². The number of methoxy groups -OCH3 is 2. The quantitative estimate of drug-likeness (QED) is 0.690. The lowest BCUT2D eigenvalue weighted by Gasteiger charge is -2.33. The molecule has 0 bridgehead atoms. The molecule has 7 nitrogen and oxygen atoms in total. The largest absolute Gasteiger partial charge is 0.383 e. The molecule has 1 saturated heterocycles. The van der Waals surface area contributed by atoms with Gasteiger partial charge in [0.1, 0.15) is 6.61 Å². The van der Waals surface area contributed by atoms with Gasteiger partial charge in [0.2, 0.25) is 5.91 Å². The van der Waals surface area contributed by atoms with Crippen LogP contribution < -0.4 is 15.5 Å². The number of carbonyl (C=O) groups excluding carboxylic acids is 2. The molecule has 0 radical (unpaired) electrons. The molecule has 1 aliphatic rings. The van der Waals surface area contributed by atoms with Crippen LogP contribution in [0.25, 0.3) is 0 Å². The smallest absolute Gasteiger partial charge is 0.253 e. The number of rotatable bonds is 8. The highest BCUT2D eigenvalue weighted by atomic mass is 16.5. The van der Waals surface area contributed by atoms with E-state index in [9.17, 15) is 9.59 Å². The average Bonchev–Trinajstić information content (AvgIpc) is 2.63. The van der Waals surface area contributed by atoms with Gasteiger partial charge < -0.3 is 25.0 Å². The molecule has 144 valence electrons. The Morgan fingerprint density at radius 2 is 1.92 bits per heavy atom. The van der Waals surface area contributed by atoms with E-state index in [4.69, 9.17) is 9.47 Å². The van der Waals surface area contributed by atoms with Gasteiger partial charge >= 0.3 is 0 Å². The molecule has 1 fully saturated rings. The lowest BCUT2D eigenvalue weighted by Crippen LogP contribution is -2.35. The zero-order valence-corrected chi connectivity index (χ0v) is 15.8. The van der Waals surface area contributed by atoms with Crippen molar-refractivity contribution in [1.82, 2.24) is 5.32 Å². The number of benzene rings is 1. The number of hydrogen-bond donors (Lipinski definition) is 2. The van der Waals surface area contributed by atoms with Gasteiger partial charge in [-0.05, 0) is 37.0 Å². The van der Waals surface area contributed by atoms with Crippen LogP contribution in [-0.2, 0) is 14.3 Å². The van der Waals surface area contributed by atoms with Gasteiger partial charge in [-0.1, -0.05) is 6.92 Å². The van der Waals surface area contributed by atoms with Crippen molar-refractivity contribution in [2.45, 2.75) is 19.8 Å². The summed E-state index contributed by atoms with van der Waals surface area (Å²) in [7, 11) is 3.06. The summed E-state index contributed by atoms with van der Waals surface area (Å²) >= 11 is 0. The van der Waals surface area contributed by atoms with E-state index in [2.05, 4.69) is 22.5 Å². The molecule has 26 heavy (non-hydrogen) atoms. The molecule has 2 amide bonds. The fraction of sp³-hybridized carbons (Fsp3) is 0.579. The normalized spacial score (nSPS) is 15.0. The molecule has 2 N–H and O–H groups in total. The maximum Gasteiger partial charge on any atom is 0.253 e. The number of piperidine rings is 1. The van der Waals surface area contributed by atoms with E-state index >= 15 is 0 Å². The third-order valence-electron chi connectivity index (χ3n) is 4.52. The van der Waals surface area contributed by atoms with E-state index in [1.54, 1.807) is 13.2 Å². The summed E-state index contributed by atoms with van der Waals surface area (Å²) in [5.74, 6) is 0.286. The van der Waals surface area contributed by atoms with Crippen LogP contribution in [-0.4, -0.2) is 58.9 Å². The van der Waals surface area contributed by atoms with Crippen molar-refractivity contribution in [2.24, 2.45) is 5.92 Å². The fourth-order valence-electron chi connectivity index (χ4n) is 3.01. The molecule has 0 saturated carbocycles. The number of nitrogens with zero attached hydrogens (tertiary/aromatic N) is 1. The first-order valence-electron chi connectivity index (χ1n) is 9.00. The summed E-state index contributed by atoms with van der Waals surface area (Å²) in [4.78, 5) is 26.7. The molecule has 1 heterocycles. The van der Waals surface area contributed by atoms with Crippen LogP contribution in [0.5, 0.6) is 0 Å². The Bertz CT molecular complexity index is 613. The molecule has 0 aliphatic carbocycles. The van der Waals surface area contributed by atoms with Crippen LogP contribution in [0.15, 0.2) is 18.2 Å². The Hall–Kier alpha value is -2.12. The van der Waals surface area contributed by atoms with E-state index in [1.807, 2.05) is 12.1 Å². The van der Waals surface area contributed by atoms with Crippen molar-refractivity contribution in [1.29, 1.82) is 0 Å². The minimum Gasteiger partial charge on any atom is -0.383 e. The second-order valence-electron chi connectivity index (χ2n) is 6.63. The maximum absolute atomic E-state index is 12.7. The SMILES string of the molecule is COCCNC(=O)c1cc(NC(=O)COC)ccc1N1CCC(C)CC1. The summed E-state index contributed by atoms with van der Waals surface area (Å²) in [6.45, 7) is 4.97. The van der Waals surface area contributed by atoms with Gasteiger partial charge in [0, 0.05) is 45.2 Å². The Labute approximate surface area is 155 Å². The molecule has 1 aliphatic heterocycles. The molecule has 0 atom stereocenters. The van der Waals surface area contributed by atoms with Gasteiger partial charge in [-0.15, -0.1) is 0 Å². The molecule has 1 aromatic carbocycles. The summed E-state index contributed by atoms with van der Waals surface area (Å²) < 4.78 is 9.83. The minimum absolute atomic E-state index is 0.0267. The molecular weight excluding hydrogens is 334 g/mol. The van der Waals surface area contributed by atoms with Gasteiger partial charge in [-0.2, -0.15) is 0 Å². The molecule has 1 aromatic rings. The summed E-state index contributed by atoms with van der Waals surface area (Å²) in [6, 6.07) is 5.46. The highest BCUT2D eigenvalue weighted by molar-refractivity contribution is 6.02. The van der Waals surface area contributed by atoms with Crippen LogP contribution in [0.2, 0.25) is 0 Å². The van der Waals surface area contributed by atoms with Crippen LogP contribution >= 0.6 is 0 Å². The Kier molecular flexibility index (Phi) is 7.87. The average molecular weight is 363 g/mol. The Balaban J connectivity index is 2.21. The number of nitrogens with one attached hydrogen (secondary N) is 2. The zero-order chi connectivity index (χ0) is 18.9. The lowest BCUT2D eigenvalue weighted by molar-refractivity contribution is -0.119. The Morgan fingerprint density at radius 1 is 1.19 bits per heavy atom. The third kappa shape index (κ3) is 5.71. The highest BCUT2D eigenvalue weighted by Crippen LogP contribution is 2.28. The van der Waals surface area contributed by atoms with Crippen LogP contribution in [0.3, 0.4) is 0 Å². The molecule has 0 spiro atoms. The van der Waals surface area contributed by atoms with Crippen LogP contribution in [0, 0.1) is 5.92 Å². The van der Waals surface area contributed by atoms with Crippen LogP contribution in [0.4, 0.5) is 11.4 Å². The standard InChI is InChI=1S/C19H29N3O4/c1-14-6-9-22(10-7-14)17-5-4-15(21-18(23)13-26-3)12-16(17)19(24)20-8-11-25-2/h4-5,12,14H,6-11,13H2,1-3H3,(H,20,24)(H,21,23). The zero-order valence-electron chi connectivity index (χ0n) is 15.8. The topological polar surface area (TPSA) is 79.9 Å². The van der Waals surface area contributed by atoms with E-state index in [-0.39, 0.29) is 18.4 Å². The predicted molar refractivity (Wildman–Crippen MR) is 102 cm³/mol. The first-order valence-corrected chi connectivity index (χ1v) is 9.00. The van der Waals surface area contributed by atoms with Crippen LogP contribution in [0.1, 0.15) is 30.1 Å². The molecular formula is C19H29N3O4. The summed E-state index contributed by atoms with van der Waals surface area (Å²) in [5, 5.41) is 5.62. The molecule has 2 rings (SSSR count). The van der Waals surface area contributed by atoms with Gasteiger partial charge in [0.25, 0.3) is 5.91 Å². The van der Waals surface area contributed by atoms with Crippen molar-refractivity contribution in [3.63, 3.8) is 0 Å². The van der Waals surface area contributed by atoms with Gasteiger partial charge in [0.05, 0.1) is 12.2 Å². The summed E-state index contributed by atoms with van der Waals surface area (Å²) in [6.07, 6.45) is 2.22. The second-order valence-corrected chi connectivity index (χ2v) is 6.63. The number of carbonyl (C=O) groups is 2. The monoisotopic (exact) mass is 363 g/mol. The number of amides is 2. The van der Waals surface area contributed by atoms with Crippen molar-refractivity contribution in [2.75, 3.05) is 57.3 Å². The minimum atomic E-state index is -0.252. The summed E-state index contributed by atoms with van der Waals surface area (Å²) in [5.41, 5.74) is 2.04. The van der Waals surface area contributed by atoms with E-state index in [0.717, 1.165) is 31.6 Å². The molecule has 0 unspecified atom stereocenters. The van der Waals surface area contributed by atoms with Gasteiger partial charge in [-0.25, -0.2) is 0 Å². The van der Waals surface area contributed by atoms with Gasteiger partial charge in [-0.3, -0.25) is 9.59 Å². The van der Waals surface area contributed by atoms with Crippen molar-refractivity contribution in [3.8, 4) is 0 Å². The first-order chi connectivity index (χ1) is 12.5. The van der Waals surface area contributed by atoms with Crippen molar-refractivity contribution in [3.05, 3.63) is 23.8 Å². The second kappa shape index (κ2) is 10.1. The van der Waals surface area contributed by atoms with Crippen molar-refractivity contribution < 1.29 is 19.1 Å². The molecule has 7 heteroatoms. The maximum atomic E-state index is 12.7. The van der Waals surface area contributed by atoms with Gasteiger partial charge in [0.15, 0.2) is 0 Å². The fourth-order valence-corrected chi connectivity index (χ4v) is 3.01. The Morgan fingerprint density at radius 3 is 2.58 bits per heavy atom. The van der Waals surface area contributed by atoms with E-state index in [0.29, 0.717) is 30.3 Å². The first kappa shape index (κ1) is 20.2. The molecule has 0 aromatic heterocycles. The third-order valence-corrected chi connectivity index (χ3v) is 4.52. The predicted octanol–water partition coefficient (Wildman–Crippen LogP) is 1.88. The van der Waals surface area contributed by atoms with E-state index in [1.165, 1.54) is 7.11 Å². The van der Waals surface area contributed by atoms with Crippen molar-refractivity contribution >= 4 is 23.2 Å². The number of anilines is 2. The lowest BCUT2D eigenvalue weighted by atomic mass is 9.98. The number of ether oxygens (including phenoxy) is 2. The highest BCUT2D eigenvalue weighted by Gasteiger charge is 2.21. The number of hydrogen-bond acceptors (Lipinski definition) is 5.